The fourth-order valence-electron chi connectivity index (χ4n) is 6.63. The van der Waals surface area contributed by atoms with Crippen LogP contribution in [0.5, 0.6) is 0 Å². The van der Waals surface area contributed by atoms with Crippen LogP contribution in [0.3, 0.4) is 0 Å². The van der Waals surface area contributed by atoms with Crippen LogP contribution in [0.1, 0.15) is 246 Å². The monoisotopic (exact) mass is 723 g/mol. The highest BCUT2D eigenvalue weighted by Gasteiger charge is 2.19. The molecule has 0 rings (SSSR count). The number of ether oxygens (including phenoxy) is 3. The van der Waals surface area contributed by atoms with Gasteiger partial charge in [0.25, 0.3) is 0 Å². The summed E-state index contributed by atoms with van der Waals surface area (Å²) in [5, 5.41) is 0. The number of hydrogen-bond donors (Lipinski definition) is 0. The maximum absolute atomic E-state index is 12.6. The molecule has 0 aromatic rings. The number of carbonyl (C=O) groups is 3. The second-order valence-corrected chi connectivity index (χ2v) is 15.8. The van der Waals surface area contributed by atoms with Gasteiger partial charge in [-0.25, -0.2) is 0 Å². The average molecular weight is 723 g/mol. The summed E-state index contributed by atoms with van der Waals surface area (Å²) in [5.74, 6) is -0.0283. The lowest BCUT2D eigenvalue weighted by atomic mass is 10.0. The first-order chi connectivity index (χ1) is 24.9. The molecule has 51 heavy (non-hydrogen) atoms. The molecule has 0 aromatic carbocycles. The molecular formula is C45H86O6. The molecule has 0 N–H and O–H groups in total. The third kappa shape index (κ3) is 39.5. The molecule has 0 saturated heterocycles. The summed E-state index contributed by atoms with van der Waals surface area (Å²) in [5.41, 5.74) is 0. The minimum atomic E-state index is -0.757. The van der Waals surface area contributed by atoms with Crippen LogP contribution in [0.2, 0.25) is 0 Å². The van der Waals surface area contributed by atoms with Crippen molar-refractivity contribution in [1.82, 2.24) is 0 Å². The van der Waals surface area contributed by atoms with Gasteiger partial charge in [-0.15, -0.1) is 0 Å². The van der Waals surface area contributed by atoms with Crippen LogP contribution in [-0.2, 0) is 28.6 Å². The molecule has 0 spiro atoms. The quantitative estimate of drug-likeness (QED) is 0.0356. The lowest BCUT2D eigenvalue weighted by Crippen LogP contribution is -2.30. The molecule has 0 unspecified atom stereocenters. The number of hydrogen-bond acceptors (Lipinski definition) is 6. The zero-order valence-electron chi connectivity index (χ0n) is 34.6. The molecule has 0 aliphatic heterocycles. The molecule has 0 saturated carbocycles. The molecule has 302 valence electrons. The van der Waals surface area contributed by atoms with Gasteiger partial charge < -0.3 is 14.2 Å². The van der Waals surface area contributed by atoms with Gasteiger partial charge in [0, 0.05) is 19.3 Å². The Morgan fingerprint density at radius 3 is 0.961 bits per heavy atom. The van der Waals surface area contributed by atoms with E-state index in [1.165, 1.54) is 141 Å². The highest BCUT2D eigenvalue weighted by molar-refractivity contribution is 5.71. The van der Waals surface area contributed by atoms with Gasteiger partial charge >= 0.3 is 17.9 Å². The van der Waals surface area contributed by atoms with Crippen LogP contribution >= 0.6 is 0 Å². The van der Waals surface area contributed by atoms with Crippen LogP contribution in [0, 0.1) is 5.92 Å². The van der Waals surface area contributed by atoms with Gasteiger partial charge in [-0.3, -0.25) is 14.4 Å². The van der Waals surface area contributed by atoms with Gasteiger partial charge in [-0.2, -0.15) is 0 Å². The Labute approximate surface area is 317 Å². The Hall–Kier alpha value is -1.59. The van der Waals surface area contributed by atoms with Crippen LogP contribution in [-0.4, -0.2) is 37.2 Å². The van der Waals surface area contributed by atoms with E-state index in [1.807, 2.05) is 0 Å². The lowest BCUT2D eigenvalue weighted by molar-refractivity contribution is -0.167. The summed E-state index contributed by atoms with van der Waals surface area (Å²) in [4.78, 5) is 37.5. The molecule has 0 fully saturated rings. The van der Waals surface area contributed by atoms with Crippen molar-refractivity contribution in [3.63, 3.8) is 0 Å². The minimum Gasteiger partial charge on any atom is -0.462 e. The van der Waals surface area contributed by atoms with Crippen molar-refractivity contribution in [2.75, 3.05) is 13.2 Å². The maximum atomic E-state index is 12.6. The van der Waals surface area contributed by atoms with Gasteiger partial charge in [0.15, 0.2) is 6.10 Å². The maximum Gasteiger partial charge on any atom is 0.306 e. The number of rotatable bonds is 40. The first-order valence-corrected chi connectivity index (χ1v) is 22.4. The summed E-state index contributed by atoms with van der Waals surface area (Å²) >= 11 is 0. The second-order valence-electron chi connectivity index (χ2n) is 15.8. The second kappa shape index (κ2) is 39.6. The Bertz CT molecular complexity index is 766. The van der Waals surface area contributed by atoms with Gasteiger partial charge in [-0.05, 0) is 25.2 Å². The summed E-state index contributed by atoms with van der Waals surface area (Å²) in [6.45, 7) is 8.95. The molecule has 0 bridgehead atoms. The molecule has 0 aliphatic carbocycles. The van der Waals surface area contributed by atoms with Gasteiger partial charge in [0.05, 0.1) is 0 Å². The molecule has 6 nitrogen and oxygen atoms in total. The van der Waals surface area contributed by atoms with Crippen molar-refractivity contribution in [1.29, 1.82) is 0 Å². The molecule has 0 aliphatic rings. The third-order valence-electron chi connectivity index (χ3n) is 10.0. The van der Waals surface area contributed by atoms with Gasteiger partial charge in [0.2, 0.25) is 0 Å². The summed E-state index contributed by atoms with van der Waals surface area (Å²) in [6.07, 6.45) is 38.1. The highest BCUT2D eigenvalue weighted by atomic mass is 16.6. The van der Waals surface area contributed by atoms with E-state index in [0.29, 0.717) is 19.3 Å². The Balaban J connectivity index is 4.22. The van der Waals surface area contributed by atoms with Crippen LogP contribution in [0.15, 0.2) is 0 Å². The third-order valence-corrected chi connectivity index (χ3v) is 10.0. The van der Waals surface area contributed by atoms with E-state index >= 15 is 0 Å². The lowest BCUT2D eigenvalue weighted by Gasteiger charge is -2.18. The predicted molar refractivity (Wildman–Crippen MR) is 215 cm³/mol. The topological polar surface area (TPSA) is 78.9 Å². The first kappa shape index (κ1) is 49.4. The van der Waals surface area contributed by atoms with Crippen molar-refractivity contribution in [3.05, 3.63) is 0 Å². The van der Waals surface area contributed by atoms with E-state index in [-0.39, 0.29) is 31.1 Å². The summed E-state index contributed by atoms with van der Waals surface area (Å²) in [6, 6.07) is 0. The zero-order chi connectivity index (χ0) is 37.5. The van der Waals surface area contributed by atoms with E-state index in [0.717, 1.165) is 63.7 Å². The van der Waals surface area contributed by atoms with Crippen LogP contribution in [0.25, 0.3) is 0 Å². The number of unbranched alkanes of at least 4 members (excludes halogenated alkanes) is 27. The fourth-order valence-corrected chi connectivity index (χ4v) is 6.63. The molecule has 0 amide bonds. The minimum absolute atomic E-state index is 0.0644. The Morgan fingerprint density at radius 2 is 0.647 bits per heavy atom. The molecule has 6 heteroatoms. The van der Waals surface area contributed by atoms with E-state index in [2.05, 4.69) is 27.7 Å². The summed E-state index contributed by atoms with van der Waals surface area (Å²) in [7, 11) is 0. The van der Waals surface area contributed by atoms with Crippen molar-refractivity contribution in [2.24, 2.45) is 5.92 Å². The van der Waals surface area contributed by atoms with Gasteiger partial charge in [0.1, 0.15) is 13.2 Å². The zero-order valence-corrected chi connectivity index (χ0v) is 34.6. The molecular weight excluding hydrogens is 636 g/mol. The average Bonchev–Trinajstić information content (AvgIpc) is 3.11. The van der Waals surface area contributed by atoms with Crippen LogP contribution in [0.4, 0.5) is 0 Å². The molecule has 0 aromatic heterocycles. The van der Waals surface area contributed by atoms with Crippen molar-refractivity contribution >= 4 is 17.9 Å². The van der Waals surface area contributed by atoms with E-state index in [9.17, 15) is 14.4 Å². The summed E-state index contributed by atoms with van der Waals surface area (Å²) < 4.78 is 16.6. The fraction of sp³-hybridized carbons (Fsp3) is 0.933. The molecule has 1 atom stereocenters. The molecule has 0 heterocycles. The largest absolute Gasteiger partial charge is 0.462 e. The highest BCUT2D eigenvalue weighted by Crippen LogP contribution is 2.16. The first-order valence-electron chi connectivity index (χ1n) is 22.4. The van der Waals surface area contributed by atoms with Crippen LogP contribution < -0.4 is 0 Å². The van der Waals surface area contributed by atoms with Crippen molar-refractivity contribution in [2.45, 2.75) is 252 Å². The number of esters is 3. The Morgan fingerprint density at radius 1 is 0.373 bits per heavy atom. The Kier molecular flexibility index (Phi) is 38.4. The smallest absolute Gasteiger partial charge is 0.306 e. The van der Waals surface area contributed by atoms with Crippen molar-refractivity contribution < 1.29 is 28.6 Å². The van der Waals surface area contributed by atoms with E-state index in [1.54, 1.807) is 0 Å². The predicted octanol–water partition coefficient (Wildman–Crippen LogP) is 13.9. The number of carbonyl (C=O) groups excluding carboxylic acids is 3. The standard InChI is InChI=1S/C45H86O6/c1-5-7-9-11-13-14-17-21-25-28-32-36-43(46)49-39-42(51-45(48)38-34-30-23-12-10-8-6-2)40-50-44(47)37-33-29-26-22-19-16-15-18-20-24-27-31-35-41(3)4/h41-42H,5-40H2,1-4H3/t42-/m0/s1. The van der Waals surface area contributed by atoms with E-state index in [4.69, 9.17) is 14.2 Å². The van der Waals surface area contributed by atoms with Gasteiger partial charge in [-0.1, -0.05) is 207 Å². The van der Waals surface area contributed by atoms with E-state index < -0.39 is 6.10 Å². The SMILES string of the molecule is CCCCCCCCCCCCCC(=O)OC[C@@H](COC(=O)CCCCCCCCCCCCCCC(C)C)OC(=O)CCCCCCCCC. The normalized spacial score (nSPS) is 11.9. The molecule has 0 radical (unpaired) electrons. The van der Waals surface area contributed by atoms with Crippen molar-refractivity contribution in [3.8, 4) is 0 Å².